The van der Waals surface area contributed by atoms with Gasteiger partial charge in [0.15, 0.2) is 16.9 Å². The molecular weight excluding hydrogens is 444 g/mol. The average molecular weight is 471 g/mol. The lowest BCUT2D eigenvalue weighted by atomic mass is 9.98. The average Bonchev–Trinajstić information content (AvgIpc) is 3.16. The lowest BCUT2D eigenvalue weighted by Crippen LogP contribution is -2.30. The minimum Gasteiger partial charge on any atom is -0.490 e. The molecule has 0 radical (unpaired) electrons. The number of rotatable bonds is 7. The van der Waals surface area contributed by atoms with Gasteiger partial charge in [0.1, 0.15) is 11.4 Å². The van der Waals surface area contributed by atoms with Gasteiger partial charge in [-0.25, -0.2) is 4.98 Å². The molecule has 2 aromatic carbocycles. The van der Waals surface area contributed by atoms with E-state index in [1.807, 2.05) is 51.1 Å². The van der Waals surface area contributed by atoms with Crippen molar-refractivity contribution in [1.82, 2.24) is 4.98 Å². The number of nitrogens with zero attached hydrogens (tertiary/aromatic N) is 2. The Labute approximate surface area is 202 Å². The van der Waals surface area contributed by atoms with Gasteiger partial charge in [0.25, 0.3) is 5.91 Å². The molecule has 0 spiro atoms. The second-order valence-electron chi connectivity index (χ2n) is 8.43. The molecule has 7 heteroatoms. The fourth-order valence-electron chi connectivity index (χ4n) is 4.42. The molecule has 35 heavy (non-hydrogen) atoms. The van der Waals surface area contributed by atoms with Gasteiger partial charge >= 0.3 is 0 Å². The van der Waals surface area contributed by atoms with Crippen molar-refractivity contribution < 1.29 is 18.7 Å². The summed E-state index contributed by atoms with van der Waals surface area (Å²) in [6, 6.07) is 15.4. The standard InChI is InChI=1S/C28H26N2O5/c1-4-14-34-21-11-10-18(16-22(21)33-5-2)25-24-26(31)19-8-6-7-9-20(19)35-27(24)28(32)30(25)23-15-17(3)12-13-29-23/h6-13,15-16,25H,4-5,14H2,1-3H3. The van der Waals surface area contributed by atoms with Crippen molar-refractivity contribution in [3.63, 3.8) is 0 Å². The smallest absolute Gasteiger partial charge is 0.296 e. The van der Waals surface area contributed by atoms with Crippen LogP contribution in [0.25, 0.3) is 11.0 Å². The first-order valence-corrected chi connectivity index (χ1v) is 11.7. The van der Waals surface area contributed by atoms with E-state index < -0.39 is 11.9 Å². The zero-order valence-electron chi connectivity index (χ0n) is 19.9. The van der Waals surface area contributed by atoms with Crippen LogP contribution in [0, 0.1) is 6.92 Å². The first-order valence-electron chi connectivity index (χ1n) is 11.7. The molecule has 0 N–H and O–H groups in total. The maximum atomic E-state index is 13.7. The lowest BCUT2D eigenvalue weighted by Gasteiger charge is -2.25. The number of pyridine rings is 1. The fraction of sp³-hybridized carbons (Fsp3) is 0.250. The molecule has 1 amide bonds. The molecule has 3 heterocycles. The Morgan fingerprint density at radius 1 is 1.00 bits per heavy atom. The van der Waals surface area contributed by atoms with Gasteiger partial charge in [0, 0.05) is 6.20 Å². The van der Waals surface area contributed by atoms with E-state index in [1.54, 1.807) is 30.5 Å². The number of anilines is 1. The third kappa shape index (κ3) is 3.93. The zero-order chi connectivity index (χ0) is 24.5. The van der Waals surface area contributed by atoms with E-state index in [1.165, 1.54) is 4.90 Å². The predicted molar refractivity (Wildman–Crippen MR) is 134 cm³/mol. The summed E-state index contributed by atoms with van der Waals surface area (Å²) in [7, 11) is 0. The van der Waals surface area contributed by atoms with Crippen molar-refractivity contribution in [2.45, 2.75) is 33.2 Å². The van der Waals surface area contributed by atoms with Crippen LogP contribution in [0.3, 0.4) is 0 Å². The van der Waals surface area contributed by atoms with Crippen molar-refractivity contribution in [2.75, 3.05) is 18.1 Å². The van der Waals surface area contributed by atoms with E-state index in [9.17, 15) is 9.59 Å². The van der Waals surface area contributed by atoms with Gasteiger partial charge in [-0.2, -0.15) is 0 Å². The van der Waals surface area contributed by atoms with Gasteiger partial charge in [-0.1, -0.05) is 25.1 Å². The molecule has 0 bridgehead atoms. The molecule has 1 aliphatic heterocycles. The highest BCUT2D eigenvalue weighted by molar-refractivity contribution is 6.10. The Morgan fingerprint density at radius 3 is 2.60 bits per heavy atom. The first-order chi connectivity index (χ1) is 17.0. The van der Waals surface area contributed by atoms with Gasteiger partial charge in [-0.05, 0) is 67.8 Å². The molecule has 0 aliphatic carbocycles. The molecular formula is C28H26N2O5. The van der Waals surface area contributed by atoms with Crippen LogP contribution >= 0.6 is 0 Å². The number of carbonyl (C=O) groups excluding carboxylic acids is 1. The second kappa shape index (κ2) is 9.25. The monoisotopic (exact) mass is 470 g/mol. The van der Waals surface area contributed by atoms with Crippen molar-refractivity contribution in [1.29, 1.82) is 0 Å². The fourth-order valence-corrected chi connectivity index (χ4v) is 4.42. The summed E-state index contributed by atoms with van der Waals surface area (Å²) in [6.07, 6.45) is 2.51. The maximum absolute atomic E-state index is 13.7. The predicted octanol–water partition coefficient (Wildman–Crippen LogP) is 5.43. The number of amides is 1. The van der Waals surface area contributed by atoms with Crippen molar-refractivity contribution >= 4 is 22.7 Å². The summed E-state index contributed by atoms with van der Waals surface area (Å²) in [5.74, 6) is 1.25. The number of fused-ring (bicyclic) bond motifs is 2. The first kappa shape index (κ1) is 22.7. The minimum absolute atomic E-state index is 0.0336. The Kier molecular flexibility index (Phi) is 5.99. The number of aryl methyl sites for hydroxylation is 1. The van der Waals surface area contributed by atoms with Gasteiger partial charge < -0.3 is 13.9 Å². The molecule has 4 aromatic rings. The number of carbonyl (C=O) groups is 1. The quantitative estimate of drug-likeness (QED) is 0.358. The SMILES string of the molecule is CCCOc1ccc(C2c3c(oc4ccccc4c3=O)C(=O)N2c2cc(C)ccn2)cc1OCC. The molecule has 0 saturated heterocycles. The Balaban J connectivity index is 1.75. The number of ether oxygens (including phenoxy) is 2. The third-order valence-corrected chi connectivity index (χ3v) is 5.97. The van der Waals surface area contributed by atoms with Crippen molar-refractivity contribution in [3.8, 4) is 11.5 Å². The van der Waals surface area contributed by atoms with Crippen LogP contribution in [-0.2, 0) is 0 Å². The van der Waals surface area contributed by atoms with Crippen LogP contribution in [-0.4, -0.2) is 24.1 Å². The van der Waals surface area contributed by atoms with Crippen molar-refractivity contribution in [2.24, 2.45) is 0 Å². The van der Waals surface area contributed by atoms with Crippen LogP contribution < -0.4 is 19.8 Å². The van der Waals surface area contributed by atoms with Crippen LogP contribution in [0.4, 0.5) is 5.82 Å². The molecule has 5 rings (SSSR count). The Hall–Kier alpha value is -4.13. The summed E-state index contributed by atoms with van der Waals surface area (Å²) >= 11 is 0. The maximum Gasteiger partial charge on any atom is 0.296 e. The molecule has 0 fully saturated rings. The summed E-state index contributed by atoms with van der Waals surface area (Å²) in [5, 5.41) is 0.427. The molecule has 178 valence electrons. The highest BCUT2D eigenvalue weighted by atomic mass is 16.5. The van der Waals surface area contributed by atoms with Crippen LogP contribution in [0.15, 0.2) is 70.0 Å². The second-order valence-corrected chi connectivity index (χ2v) is 8.43. The third-order valence-electron chi connectivity index (χ3n) is 5.97. The molecule has 1 unspecified atom stereocenters. The largest absolute Gasteiger partial charge is 0.490 e. The molecule has 1 aliphatic rings. The highest BCUT2D eigenvalue weighted by Crippen LogP contribution is 2.43. The van der Waals surface area contributed by atoms with E-state index in [0.717, 1.165) is 12.0 Å². The summed E-state index contributed by atoms with van der Waals surface area (Å²) in [5.41, 5.74) is 2.08. The topological polar surface area (TPSA) is 81.9 Å². The molecule has 2 aromatic heterocycles. The van der Waals surface area contributed by atoms with Crippen LogP contribution in [0.2, 0.25) is 0 Å². The molecule has 1 atom stereocenters. The summed E-state index contributed by atoms with van der Waals surface area (Å²) < 4.78 is 17.7. The number of para-hydroxylation sites is 1. The summed E-state index contributed by atoms with van der Waals surface area (Å²) in [4.78, 5) is 33.4. The number of hydrogen-bond acceptors (Lipinski definition) is 6. The van der Waals surface area contributed by atoms with Crippen molar-refractivity contribution in [3.05, 3.63) is 93.5 Å². The van der Waals surface area contributed by atoms with Gasteiger partial charge in [-0.15, -0.1) is 0 Å². The van der Waals surface area contributed by atoms with E-state index in [0.29, 0.717) is 52.6 Å². The van der Waals surface area contributed by atoms with Gasteiger partial charge in [-0.3, -0.25) is 14.5 Å². The van der Waals surface area contributed by atoms with Gasteiger partial charge in [0.2, 0.25) is 5.76 Å². The van der Waals surface area contributed by atoms with E-state index in [-0.39, 0.29) is 11.2 Å². The number of hydrogen-bond donors (Lipinski definition) is 0. The minimum atomic E-state index is -0.730. The number of aromatic nitrogens is 1. The lowest BCUT2D eigenvalue weighted by molar-refractivity contribution is 0.0970. The molecule has 7 nitrogen and oxygen atoms in total. The molecule has 0 saturated carbocycles. The normalized spacial score (nSPS) is 14.9. The highest BCUT2D eigenvalue weighted by Gasteiger charge is 2.44. The van der Waals surface area contributed by atoms with Gasteiger partial charge in [0.05, 0.1) is 30.2 Å². The summed E-state index contributed by atoms with van der Waals surface area (Å²) in [6.45, 7) is 6.86. The van der Waals surface area contributed by atoms with Crippen LogP contribution in [0.5, 0.6) is 11.5 Å². The van der Waals surface area contributed by atoms with Crippen LogP contribution in [0.1, 0.15) is 53.6 Å². The van der Waals surface area contributed by atoms with E-state index in [4.69, 9.17) is 13.9 Å². The Bertz CT molecular complexity index is 1480. The Morgan fingerprint density at radius 2 is 1.83 bits per heavy atom. The van der Waals surface area contributed by atoms with E-state index in [2.05, 4.69) is 4.98 Å². The number of benzene rings is 2. The van der Waals surface area contributed by atoms with E-state index >= 15 is 0 Å². The zero-order valence-corrected chi connectivity index (χ0v) is 19.9.